The molecule has 0 N–H and O–H groups in total. The van der Waals surface area contributed by atoms with Gasteiger partial charge in [-0.2, -0.15) is 0 Å². The summed E-state index contributed by atoms with van der Waals surface area (Å²) in [7, 11) is -2.11. The predicted molar refractivity (Wildman–Crippen MR) is 74.2 cm³/mol. The Morgan fingerprint density at radius 3 is 2.68 bits per heavy atom. The number of nitrogens with zero attached hydrogens (tertiary/aromatic N) is 1. The summed E-state index contributed by atoms with van der Waals surface area (Å²) < 4.78 is 38.8. The van der Waals surface area contributed by atoms with Gasteiger partial charge < -0.3 is 0 Å². The standard InChI is InChI=1S/C13H14FNO2S2/c1-15(8-7-12-5-3-9-18-12)19(16,17)13-6-2-4-11(14)10-13/h2-6,9-10H,7-8H2,1H3. The van der Waals surface area contributed by atoms with Gasteiger partial charge >= 0.3 is 0 Å². The number of hydrogen-bond acceptors (Lipinski definition) is 3. The van der Waals surface area contributed by atoms with E-state index in [1.165, 1.54) is 29.6 Å². The molecule has 0 bridgehead atoms. The molecule has 0 spiro atoms. The molecule has 19 heavy (non-hydrogen) atoms. The molecular weight excluding hydrogens is 285 g/mol. The summed E-state index contributed by atoms with van der Waals surface area (Å²) in [4.78, 5) is 1.11. The zero-order chi connectivity index (χ0) is 13.9. The Labute approximate surface area is 116 Å². The first kappa shape index (κ1) is 14.2. The Morgan fingerprint density at radius 1 is 1.26 bits per heavy atom. The smallest absolute Gasteiger partial charge is 0.207 e. The fourth-order valence-corrected chi connectivity index (χ4v) is 3.55. The topological polar surface area (TPSA) is 37.4 Å². The molecule has 0 unspecified atom stereocenters. The van der Waals surface area contributed by atoms with Crippen molar-refractivity contribution in [2.45, 2.75) is 11.3 Å². The summed E-state index contributed by atoms with van der Waals surface area (Å²) in [5.74, 6) is -0.548. The van der Waals surface area contributed by atoms with Gasteiger partial charge in [0, 0.05) is 18.5 Å². The highest BCUT2D eigenvalue weighted by Crippen LogP contribution is 2.16. The van der Waals surface area contributed by atoms with Crippen LogP contribution < -0.4 is 0 Å². The third-order valence-electron chi connectivity index (χ3n) is 2.76. The third kappa shape index (κ3) is 3.40. The van der Waals surface area contributed by atoms with Gasteiger partial charge in [0.2, 0.25) is 10.0 Å². The number of likely N-dealkylation sites (N-methyl/N-ethyl adjacent to an activating group) is 1. The van der Waals surface area contributed by atoms with Crippen molar-refractivity contribution in [3.05, 3.63) is 52.5 Å². The number of halogens is 1. The van der Waals surface area contributed by atoms with Crippen molar-refractivity contribution in [1.29, 1.82) is 0 Å². The average Bonchev–Trinajstić information content (AvgIpc) is 2.89. The average molecular weight is 299 g/mol. The van der Waals surface area contributed by atoms with Crippen molar-refractivity contribution < 1.29 is 12.8 Å². The minimum absolute atomic E-state index is 0.0128. The van der Waals surface area contributed by atoms with Crippen LogP contribution in [0.25, 0.3) is 0 Å². The Balaban J connectivity index is 2.11. The van der Waals surface area contributed by atoms with E-state index in [1.807, 2.05) is 17.5 Å². The van der Waals surface area contributed by atoms with Crippen molar-refractivity contribution in [2.24, 2.45) is 0 Å². The second-order valence-electron chi connectivity index (χ2n) is 4.11. The first-order valence-corrected chi connectivity index (χ1v) is 8.06. The minimum atomic E-state index is -3.62. The normalized spacial score (nSPS) is 11.9. The Morgan fingerprint density at radius 2 is 2.05 bits per heavy atom. The maximum absolute atomic E-state index is 13.1. The van der Waals surface area contributed by atoms with E-state index < -0.39 is 15.8 Å². The molecule has 1 aromatic carbocycles. The van der Waals surface area contributed by atoms with Gasteiger partial charge in [-0.25, -0.2) is 17.1 Å². The number of sulfonamides is 1. The molecule has 2 aromatic rings. The summed E-state index contributed by atoms with van der Waals surface area (Å²) in [5.41, 5.74) is 0. The van der Waals surface area contributed by atoms with Gasteiger partial charge in [0.1, 0.15) is 5.82 Å². The van der Waals surface area contributed by atoms with Crippen LogP contribution in [0.2, 0.25) is 0 Å². The lowest BCUT2D eigenvalue weighted by molar-refractivity contribution is 0.472. The molecule has 0 atom stereocenters. The van der Waals surface area contributed by atoms with Crippen LogP contribution in [0.1, 0.15) is 4.88 Å². The summed E-state index contributed by atoms with van der Waals surface area (Å²) in [6.07, 6.45) is 0.655. The van der Waals surface area contributed by atoms with Gasteiger partial charge in [-0.05, 0) is 36.1 Å². The van der Waals surface area contributed by atoms with E-state index in [0.717, 1.165) is 10.9 Å². The van der Waals surface area contributed by atoms with E-state index in [4.69, 9.17) is 0 Å². The van der Waals surface area contributed by atoms with E-state index in [0.29, 0.717) is 13.0 Å². The third-order valence-corrected chi connectivity index (χ3v) is 5.55. The van der Waals surface area contributed by atoms with Gasteiger partial charge in [-0.1, -0.05) is 12.1 Å². The van der Waals surface area contributed by atoms with Gasteiger partial charge in [0.05, 0.1) is 4.90 Å². The summed E-state index contributed by atoms with van der Waals surface area (Å²) >= 11 is 1.59. The van der Waals surface area contributed by atoms with Crippen LogP contribution >= 0.6 is 11.3 Å². The molecule has 0 saturated carbocycles. The van der Waals surface area contributed by atoms with Crippen molar-refractivity contribution in [2.75, 3.05) is 13.6 Å². The van der Waals surface area contributed by atoms with Gasteiger partial charge in [-0.3, -0.25) is 0 Å². The monoisotopic (exact) mass is 299 g/mol. The fraction of sp³-hybridized carbons (Fsp3) is 0.231. The molecule has 1 aromatic heterocycles. The van der Waals surface area contributed by atoms with Gasteiger partial charge in [0.25, 0.3) is 0 Å². The van der Waals surface area contributed by atoms with Crippen LogP contribution in [-0.4, -0.2) is 26.3 Å². The first-order valence-electron chi connectivity index (χ1n) is 5.74. The van der Waals surface area contributed by atoms with Crippen molar-refractivity contribution in [1.82, 2.24) is 4.31 Å². The summed E-state index contributed by atoms with van der Waals surface area (Å²) in [6.45, 7) is 0.374. The molecular formula is C13H14FNO2S2. The second kappa shape index (κ2) is 5.81. The number of hydrogen-bond donors (Lipinski definition) is 0. The van der Waals surface area contributed by atoms with Gasteiger partial charge in [0.15, 0.2) is 0 Å². The predicted octanol–water partition coefficient (Wildman–Crippen LogP) is 2.75. The minimum Gasteiger partial charge on any atom is -0.207 e. The molecule has 0 aliphatic heterocycles. The SMILES string of the molecule is CN(CCc1cccs1)S(=O)(=O)c1cccc(F)c1. The van der Waals surface area contributed by atoms with Crippen molar-refractivity contribution >= 4 is 21.4 Å². The van der Waals surface area contributed by atoms with E-state index in [1.54, 1.807) is 11.3 Å². The van der Waals surface area contributed by atoms with Crippen molar-refractivity contribution in [3.63, 3.8) is 0 Å². The van der Waals surface area contributed by atoms with Crippen LogP contribution in [0.3, 0.4) is 0 Å². The van der Waals surface area contributed by atoms with Crippen LogP contribution in [0, 0.1) is 5.82 Å². The Bertz CT molecular complexity index is 638. The molecule has 0 saturated heterocycles. The van der Waals surface area contributed by atoms with Crippen LogP contribution in [0.15, 0.2) is 46.7 Å². The fourth-order valence-electron chi connectivity index (χ4n) is 1.65. The lowest BCUT2D eigenvalue weighted by Crippen LogP contribution is -2.28. The molecule has 0 amide bonds. The first-order chi connectivity index (χ1) is 9.00. The molecule has 0 aliphatic rings. The molecule has 0 aliphatic carbocycles. The Hall–Kier alpha value is -1.24. The molecule has 0 radical (unpaired) electrons. The van der Waals surface area contributed by atoms with Crippen molar-refractivity contribution in [3.8, 4) is 0 Å². The highest BCUT2D eigenvalue weighted by atomic mass is 32.2. The number of thiophene rings is 1. The van der Waals surface area contributed by atoms with Crippen LogP contribution in [-0.2, 0) is 16.4 Å². The lowest BCUT2D eigenvalue weighted by atomic mass is 10.3. The Kier molecular flexibility index (Phi) is 4.34. The van der Waals surface area contributed by atoms with Gasteiger partial charge in [-0.15, -0.1) is 11.3 Å². The zero-order valence-corrected chi connectivity index (χ0v) is 12.0. The summed E-state index contributed by atoms with van der Waals surface area (Å²) in [5, 5.41) is 1.95. The lowest BCUT2D eigenvalue weighted by Gasteiger charge is -2.16. The zero-order valence-electron chi connectivity index (χ0n) is 10.4. The number of benzene rings is 1. The molecule has 1 heterocycles. The maximum Gasteiger partial charge on any atom is 0.242 e. The van der Waals surface area contributed by atoms with Crippen LogP contribution in [0.5, 0.6) is 0 Å². The molecule has 6 heteroatoms. The van der Waals surface area contributed by atoms with E-state index in [-0.39, 0.29) is 4.90 Å². The highest BCUT2D eigenvalue weighted by Gasteiger charge is 2.20. The highest BCUT2D eigenvalue weighted by molar-refractivity contribution is 7.89. The molecule has 0 fully saturated rings. The second-order valence-corrected chi connectivity index (χ2v) is 7.19. The largest absolute Gasteiger partial charge is 0.242 e. The number of rotatable bonds is 5. The molecule has 2 rings (SSSR count). The van der Waals surface area contributed by atoms with E-state index >= 15 is 0 Å². The van der Waals surface area contributed by atoms with Crippen LogP contribution in [0.4, 0.5) is 4.39 Å². The molecule has 3 nitrogen and oxygen atoms in total. The molecule has 102 valence electrons. The summed E-state index contributed by atoms with van der Waals surface area (Å²) in [6, 6.07) is 8.96. The maximum atomic E-state index is 13.1. The van der Waals surface area contributed by atoms with E-state index in [2.05, 4.69) is 0 Å². The van der Waals surface area contributed by atoms with E-state index in [9.17, 15) is 12.8 Å². The quantitative estimate of drug-likeness (QED) is 0.851.